The van der Waals surface area contributed by atoms with Gasteiger partial charge in [-0.1, -0.05) is 84.5 Å². The van der Waals surface area contributed by atoms with Crippen molar-refractivity contribution in [2.45, 2.75) is 20.8 Å². The van der Waals surface area contributed by atoms with Gasteiger partial charge in [-0.25, -0.2) is 0 Å². The molecule has 4 rings (SSSR count). The average Bonchev–Trinajstić information content (AvgIpc) is 2.91. The first-order valence-electron chi connectivity index (χ1n) is 9.78. The molecule has 0 radical (unpaired) electrons. The molecular formula is C27H25N. The molecule has 0 aliphatic carbocycles. The van der Waals surface area contributed by atoms with Gasteiger partial charge >= 0.3 is 0 Å². The zero-order valence-electron chi connectivity index (χ0n) is 16.7. The predicted molar refractivity (Wildman–Crippen MR) is 122 cm³/mol. The maximum absolute atomic E-state index is 2.35. The van der Waals surface area contributed by atoms with E-state index in [0.717, 1.165) is 0 Å². The second-order valence-corrected chi connectivity index (χ2v) is 7.06. The van der Waals surface area contributed by atoms with Crippen LogP contribution in [0, 0.1) is 6.92 Å². The average molecular weight is 364 g/mol. The zero-order chi connectivity index (χ0) is 19.5. The molecule has 0 spiro atoms. The van der Waals surface area contributed by atoms with Crippen LogP contribution < -0.4 is 4.90 Å². The first kappa shape index (κ1) is 18.1. The molecule has 0 bridgehead atoms. The summed E-state index contributed by atoms with van der Waals surface area (Å²) >= 11 is 0. The molecule has 0 saturated carbocycles. The van der Waals surface area contributed by atoms with E-state index in [9.17, 15) is 0 Å². The molecule has 1 heteroatoms. The summed E-state index contributed by atoms with van der Waals surface area (Å²) in [6, 6.07) is 26.1. The summed E-state index contributed by atoms with van der Waals surface area (Å²) in [5.41, 5.74) is 9.78. The number of hydrogen-bond donors (Lipinski definition) is 0. The first-order valence-corrected chi connectivity index (χ1v) is 9.78. The molecule has 28 heavy (non-hydrogen) atoms. The van der Waals surface area contributed by atoms with Crippen LogP contribution in [0.3, 0.4) is 0 Å². The third kappa shape index (κ3) is 3.32. The summed E-state index contributed by atoms with van der Waals surface area (Å²) in [6.07, 6.45) is 8.77. The van der Waals surface area contributed by atoms with Crippen LogP contribution in [0.1, 0.15) is 25.0 Å². The maximum Gasteiger partial charge on any atom is 0.0534 e. The second-order valence-electron chi connectivity index (χ2n) is 7.06. The van der Waals surface area contributed by atoms with E-state index >= 15 is 0 Å². The summed E-state index contributed by atoms with van der Waals surface area (Å²) in [7, 11) is 0. The number of rotatable bonds is 2. The number of anilines is 2. The summed E-state index contributed by atoms with van der Waals surface area (Å²) in [4.78, 5) is 2.35. The topological polar surface area (TPSA) is 3.24 Å². The van der Waals surface area contributed by atoms with Crippen LogP contribution in [0.2, 0.25) is 0 Å². The van der Waals surface area contributed by atoms with Gasteiger partial charge in [-0.2, -0.15) is 0 Å². The van der Waals surface area contributed by atoms with Crippen LogP contribution in [0.15, 0.2) is 102 Å². The molecule has 0 fully saturated rings. The lowest BCUT2D eigenvalue weighted by atomic mass is 10.0. The molecule has 0 N–H and O–H groups in total. The zero-order valence-corrected chi connectivity index (χ0v) is 16.7. The quantitative estimate of drug-likeness (QED) is 0.451. The molecule has 138 valence electrons. The molecule has 1 nitrogen and oxygen atoms in total. The third-order valence-electron chi connectivity index (χ3n) is 5.25. The Balaban J connectivity index is 1.81. The van der Waals surface area contributed by atoms with Crippen LogP contribution in [-0.2, 0) is 0 Å². The van der Waals surface area contributed by atoms with Gasteiger partial charge in [0.25, 0.3) is 0 Å². The number of benzene rings is 3. The largest absolute Gasteiger partial charge is 0.310 e. The highest BCUT2D eigenvalue weighted by molar-refractivity contribution is 5.83. The van der Waals surface area contributed by atoms with Crippen molar-refractivity contribution in [2.24, 2.45) is 0 Å². The van der Waals surface area contributed by atoms with Gasteiger partial charge in [-0.05, 0) is 61.2 Å². The molecule has 0 saturated heterocycles. The van der Waals surface area contributed by atoms with E-state index in [4.69, 9.17) is 0 Å². The van der Waals surface area contributed by atoms with Crippen molar-refractivity contribution in [1.29, 1.82) is 0 Å². The van der Waals surface area contributed by atoms with Gasteiger partial charge in [0.1, 0.15) is 0 Å². The minimum absolute atomic E-state index is 1.17. The molecular weight excluding hydrogens is 338 g/mol. The molecule has 0 aromatic heterocycles. The lowest BCUT2D eigenvalue weighted by Crippen LogP contribution is -2.17. The fourth-order valence-corrected chi connectivity index (χ4v) is 3.72. The molecule has 1 aliphatic heterocycles. The minimum Gasteiger partial charge on any atom is -0.310 e. The second kappa shape index (κ2) is 7.74. The van der Waals surface area contributed by atoms with E-state index < -0.39 is 0 Å². The number of fused-ring (bicyclic) bond motifs is 1. The monoisotopic (exact) mass is 363 g/mol. The molecule has 0 unspecified atom stereocenters. The van der Waals surface area contributed by atoms with Gasteiger partial charge in [0.05, 0.1) is 5.69 Å². The van der Waals surface area contributed by atoms with Crippen LogP contribution in [0.4, 0.5) is 11.4 Å². The van der Waals surface area contributed by atoms with E-state index in [1.54, 1.807) is 0 Å². The highest BCUT2D eigenvalue weighted by atomic mass is 15.2. The molecule has 0 atom stereocenters. The lowest BCUT2D eigenvalue weighted by molar-refractivity contribution is 1.17. The third-order valence-corrected chi connectivity index (χ3v) is 5.25. The van der Waals surface area contributed by atoms with Gasteiger partial charge in [-0.15, -0.1) is 0 Å². The Morgan fingerprint density at radius 2 is 1.32 bits per heavy atom. The van der Waals surface area contributed by atoms with Crippen molar-refractivity contribution < 1.29 is 0 Å². The SMILES string of the molecule is C/C=C1/C=Cc2ccccc2N(c2ccc(-c3ccc(C)cc3)cc2)/C1=C/C. The minimum atomic E-state index is 1.17. The van der Waals surface area contributed by atoms with E-state index in [1.165, 1.54) is 44.9 Å². The highest BCUT2D eigenvalue weighted by Crippen LogP contribution is 2.39. The Morgan fingerprint density at radius 1 is 0.679 bits per heavy atom. The Hall–Kier alpha value is -3.32. The van der Waals surface area contributed by atoms with Crippen molar-refractivity contribution >= 4 is 17.5 Å². The van der Waals surface area contributed by atoms with E-state index in [-0.39, 0.29) is 0 Å². The van der Waals surface area contributed by atoms with Gasteiger partial charge in [0, 0.05) is 11.4 Å². The Kier molecular flexibility index (Phi) is 4.99. The van der Waals surface area contributed by atoms with Gasteiger partial charge < -0.3 is 4.90 Å². The fourth-order valence-electron chi connectivity index (χ4n) is 3.72. The Bertz CT molecular complexity index is 1060. The smallest absolute Gasteiger partial charge is 0.0534 e. The Labute approximate surface area is 168 Å². The van der Waals surface area contributed by atoms with E-state index in [0.29, 0.717) is 0 Å². The van der Waals surface area contributed by atoms with Crippen LogP contribution in [0.5, 0.6) is 0 Å². The summed E-state index contributed by atoms with van der Waals surface area (Å²) in [5, 5.41) is 0. The number of allylic oxidation sites excluding steroid dienone is 3. The number of para-hydroxylation sites is 1. The number of nitrogens with zero attached hydrogens (tertiary/aromatic N) is 1. The predicted octanol–water partition coefficient (Wildman–Crippen LogP) is 7.68. The highest BCUT2D eigenvalue weighted by Gasteiger charge is 2.20. The van der Waals surface area contributed by atoms with E-state index in [1.807, 2.05) is 0 Å². The lowest BCUT2D eigenvalue weighted by Gasteiger charge is -2.28. The van der Waals surface area contributed by atoms with Crippen molar-refractivity contribution in [3.8, 4) is 11.1 Å². The van der Waals surface area contributed by atoms with Crippen molar-refractivity contribution in [2.75, 3.05) is 4.90 Å². The standard InChI is InChI=1S/C27H25N/c1-4-21-14-15-24-8-6-7-9-27(24)28(26(21)5-2)25-18-16-23(17-19-25)22-12-10-20(3)11-13-22/h4-19H,1-3H3/b21-4-,26-5+. The molecule has 1 heterocycles. The maximum atomic E-state index is 2.35. The molecule has 3 aromatic carbocycles. The molecule has 3 aromatic rings. The van der Waals surface area contributed by atoms with Crippen LogP contribution >= 0.6 is 0 Å². The van der Waals surface area contributed by atoms with Crippen molar-refractivity contribution in [3.63, 3.8) is 0 Å². The van der Waals surface area contributed by atoms with Gasteiger partial charge in [0.15, 0.2) is 0 Å². The normalized spacial score (nSPS) is 16.3. The van der Waals surface area contributed by atoms with Crippen LogP contribution in [0.25, 0.3) is 17.2 Å². The van der Waals surface area contributed by atoms with Crippen molar-refractivity contribution in [1.82, 2.24) is 0 Å². The number of hydrogen-bond acceptors (Lipinski definition) is 1. The summed E-state index contributed by atoms with van der Waals surface area (Å²) in [6.45, 7) is 6.32. The van der Waals surface area contributed by atoms with Crippen LogP contribution in [-0.4, -0.2) is 0 Å². The molecule has 0 amide bonds. The van der Waals surface area contributed by atoms with E-state index in [2.05, 4.69) is 123 Å². The molecule has 1 aliphatic rings. The summed E-state index contributed by atoms with van der Waals surface area (Å²) in [5.74, 6) is 0. The Morgan fingerprint density at radius 3 is 1.96 bits per heavy atom. The van der Waals surface area contributed by atoms with Gasteiger partial charge in [-0.3, -0.25) is 0 Å². The summed E-state index contributed by atoms with van der Waals surface area (Å²) < 4.78 is 0. The first-order chi connectivity index (χ1) is 13.7. The fraction of sp³-hybridized carbons (Fsp3) is 0.111. The van der Waals surface area contributed by atoms with Gasteiger partial charge in [0.2, 0.25) is 0 Å². The number of aryl methyl sites for hydroxylation is 1. The van der Waals surface area contributed by atoms with Crippen molar-refractivity contribution in [3.05, 3.63) is 113 Å².